The zero-order chi connectivity index (χ0) is 11.9. The lowest BCUT2D eigenvalue weighted by molar-refractivity contribution is 0.0813. The summed E-state index contributed by atoms with van der Waals surface area (Å²) in [6.07, 6.45) is 2.76. The van der Waals surface area contributed by atoms with E-state index in [2.05, 4.69) is 38.8 Å². The fraction of sp³-hybridized carbons (Fsp3) is 0.385. The van der Waals surface area contributed by atoms with Gasteiger partial charge in [-0.1, -0.05) is 15.9 Å². The van der Waals surface area contributed by atoms with Gasteiger partial charge in [0.1, 0.15) is 0 Å². The highest BCUT2D eigenvalue weighted by Crippen LogP contribution is 2.27. The van der Waals surface area contributed by atoms with E-state index in [0.717, 1.165) is 4.47 Å². The van der Waals surface area contributed by atoms with E-state index in [1.807, 2.05) is 27.0 Å². The lowest BCUT2D eigenvalue weighted by Gasteiger charge is -2.16. The fourth-order valence-corrected chi connectivity index (χ4v) is 2.41. The zero-order valence-electron chi connectivity index (χ0n) is 9.79. The number of hydrogen-bond acceptors (Lipinski definition) is 1. The molecule has 2 aromatic rings. The summed E-state index contributed by atoms with van der Waals surface area (Å²) in [5.41, 5.74) is 1.71. The molecule has 1 heterocycles. The SMILES string of the molecule is Cn1cc(CC(C)(C)O)c2cc(Br)ccc21. The first kappa shape index (κ1) is 11.7. The van der Waals surface area contributed by atoms with Crippen LogP contribution in [0.1, 0.15) is 19.4 Å². The molecular weight excluding hydrogens is 266 g/mol. The largest absolute Gasteiger partial charge is 0.390 e. The van der Waals surface area contributed by atoms with E-state index >= 15 is 0 Å². The fourth-order valence-electron chi connectivity index (χ4n) is 2.05. The van der Waals surface area contributed by atoms with E-state index in [-0.39, 0.29) is 0 Å². The van der Waals surface area contributed by atoms with E-state index < -0.39 is 5.60 Å². The smallest absolute Gasteiger partial charge is 0.0632 e. The second-order valence-electron chi connectivity index (χ2n) is 4.92. The Morgan fingerprint density at radius 2 is 2.06 bits per heavy atom. The number of rotatable bonds is 2. The Morgan fingerprint density at radius 3 is 2.69 bits per heavy atom. The molecular formula is C13H16BrNO. The van der Waals surface area contributed by atoms with Crippen LogP contribution in [0.25, 0.3) is 10.9 Å². The normalized spacial score (nSPS) is 12.3. The highest BCUT2D eigenvalue weighted by Gasteiger charge is 2.17. The van der Waals surface area contributed by atoms with E-state index in [0.29, 0.717) is 6.42 Å². The Morgan fingerprint density at radius 1 is 1.38 bits per heavy atom. The van der Waals surface area contributed by atoms with Crippen LogP contribution in [0, 0.1) is 0 Å². The average molecular weight is 282 g/mol. The molecule has 0 fully saturated rings. The number of benzene rings is 1. The lowest BCUT2D eigenvalue weighted by atomic mass is 9.98. The van der Waals surface area contributed by atoms with Gasteiger partial charge in [0.05, 0.1) is 5.60 Å². The van der Waals surface area contributed by atoms with Gasteiger partial charge in [0.25, 0.3) is 0 Å². The number of nitrogens with zero attached hydrogens (tertiary/aromatic N) is 1. The molecule has 0 bridgehead atoms. The molecule has 0 atom stereocenters. The molecule has 1 aromatic carbocycles. The topological polar surface area (TPSA) is 25.2 Å². The van der Waals surface area contributed by atoms with E-state index in [4.69, 9.17) is 0 Å². The maximum absolute atomic E-state index is 9.89. The van der Waals surface area contributed by atoms with Gasteiger partial charge in [-0.2, -0.15) is 0 Å². The van der Waals surface area contributed by atoms with Crippen LogP contribution in [0.15, 0.2) is 28.9 Å². The number of fused-ring (bicyclic) bond motifs is 1. The standard InChI is InChI=1S/C13H16BrNO/c1-13(2,16)7-9-8-15(3)12-5-4-10(14)6-11(9)12/h4-6,8,16H,7H2,1-3H3. The van der Waals surface area contributed by atoms with Crippen LogP contribution in [0.2, 0.25) is 0 Å². The zero-order valence-corrected chi connectivity index (χ0v) is 11.4. The number of hydrogen-bond donors (Lipinski definition) is 1. The third kappa shape index (κ3) is 2.30. The first-order valence-electron chi connectivity index (χ1n) is 5.33. The minimum Gasteiger partial charge on any atom is -0.390 e. The summed E-state index contributed by atoms with van der Waals surface area (Å²) in [7, 11) is 2.03. The molecule has 0 saturated heterocycles. The molecule has 0 amide bonds. The molecule has 0 unspecified atom stereocenters. The summed E-state index contributed by atoms with van der Waals surface area (Å²) >= 11 is 3.48. The van der Waals surface area contributed by atoms with E-state index in [9.17, 15) is 5.11 Å². The predicted molar refractivity (Wildman–Crippen MR) is 70.6 cm³/mol. The maximum Gasteiger partial charge on any atom is 0.0632 e. The molecule has 86 valence electrons. The molecule has 1 aromatic heterocycles. The first-order valence-corrected chi connectivity index (χ1v) is 6.12. The molecule has 0 saturated carbocycles. The molecule has 0 aliphatic rings. The number of aliphatic hydroxyl groups is 1. The molecule has 1 N–H and O–H groups in total. The first-order chi connectivity index (χ1) is 7.37. The summed E-state index contributed by atoms with van der Waals surface area (Å²) in [4.78, 5) is 0. The summed E-state index contributed by atoms with van der Waals surface area (Å²) in [6, 6.07) is 6.24. The van der Waals surface area contributed by atoms with Crippen molar-refractivity contribution < 1.29 is 5.11 Å². The van der Waals surface area contributed by atoms with Crippen molar-refractivity contribution in [3.8, 4) is 0 Å². The van der Waals surface area contributed by atoms with E-state index in [1.54, 1.807) is 0 Å². The molecule has 2 rings (SSSR count). The Balaban J connectivity index is 2.57. The minimum absolute atomic E-state index is 0.667. The third-order valence-electron chi connectivity index (χ3n) is 2.66. The molecule has 16 heavy (non-hydrogen) atoms. The second-order valence-corrected chi connectivity index (χ2v) is 5.83. The highest BCUT2D eigenvalue weighted by atomic mass is 79.9. The van der Waals surface area contributed by atoms with Gasteiger partial charge in [-0.25, -0.2) is 0 Å². The monoisotopic (exact) mass is 281 g/mol. The van der Waals surface area contributed by atoms with Crippen molar-refractivity contribution in [2.45, 2.75) is 25.9 Å². The highest BCUT2D eigenvalue weighted by molar-refractivity contribution is 9.10. The molecule has 2 nitrogen and oxygen atoms in total. The Bertz CT molecular complexity index is 522. The van der Waals surface area contributed by atoms with Crippen molar-refractivity contribution in [3.05, 3.63) is 34.4 Å². The van der Waals surface area contributed by atoms with Crippen molar-refractivity contribution in [1.29, 1.82) is 0 Å². The van der Waals surface area contributed by atoms with Crippen molar-refractivity contribution in [2.75, 3.05) is 0 Å². The summed E-state index contributed by atoms with van der Waals surface area (Å²) in [6.45, 7) is 3.67. The van der Waals surface area contributed by atoms with Crippen LogP contribution >= 0.6 is 15.9 Å². The molecule has 0 aliphatic heterocycles. The van der Waals surface area contributed by atoms with Crippen molar-refractivity contribution in [1.82, 2.24) is 4.57 Å². The van der Waals surface area contributed by atoms with Crippen molar-refractivity contribution >= 4 is 26.8 Å². The number of aryl methyl sites for hydroxylation is 1. The van der Waals surface area contributed by atoms with Crippen molar-refractivity contribution in [3.63, 3.8) is 0 Å². The quantitative estimate of drug-likeness (QED) is 0.898. The van der Waals surface area contributed by atoms with Gasteiger partial charge in [0.15, 0.2) is 0 Å². The van der Waals surface area contributed by atoms with Crippen molar-refractivity contribution in [2.24, 2.45) is 7.05 Å². The van der Waals surface area contributed by atoms with Gasteiger partial charge in [-0.05, 0) is 37.6 Å². The van der Waals surface area contributed by atoms with Crippen LogP contribution in [-0.4, -0.2) is 15.3 Å². The van der Waals surface area contributed by atoms with Crippen LogP contribution in [0.5, 0.6) is 0 Å². The molecule has 0 aliphatic carbocycles. The molecule has 0 radical (unpaired) electrons. The van der Waals surface area contributed by atoms with E-state index in [1.165, 1.54) is 16.5 Å². The Hall–Kier alpha value is -0.800. The van der Waals surface area contributed by atoms with Gasteiger partial charge >= 0.3 is 0 Å². The summed E-state index contributed by atoms with van der Waals surface area (Å²) < 4.78 is 3.17. The average Bonchev–Trinajstić information content (AvgIpc) is 2.40. The molecule has 3 heteroatoms. The predicted octanol–water partition coefficient (Wildman–Crippen LogP) is 3.25. The summed E-state index contributed by atoms with van der Waals surface area (Å²) in [5.74, 6) is 0. The van der Waals surface area contributed by atoms with Gasteiger partial charge in [-0.3, -0.25) is 0 Å². The van der Waals surface area contributed by atoms with Gasteiger partial charge in [0, 0.05) is 35.0 Å². The Kier molecular flexibility index (Phi) is 2.84. The lowest BCUT2D eigenvalue weighted by Crippen LogP contribution is -2.21. The van der Waals surface area contributed by atoms with Gasteiger partial charge in [-0.15, -0.1) is 0 Å². The maximum atomic E-state index is 9.89. The number of halogens is 1. The van der Waals surface area contributed by atoms with Crippen LogP contribution < -0.4 is 0 Å². The minimum atomic E-state index is -0.670. The van der Waals surface area contributed by atoms with Gasteiger partial charge in [0.2, 0.25) is 0 Å². The van der Waals surface area contributed by atoms with Crippen LogP contribution in [0.4, 0.5) is 0 Å². The summed E-state index contributed by atoms with van der Waals surface area (Å²) in [5, 5.41) is 11.1. The van der Waals surface area contributed by atoms with Gasteiger partial charge < -0.3 is 9.67 Å². The molecule has 0 spiro atoms. The third-order valence-corrected chi connectivity index (χ3v) is 3.15. The second kappa shape index (κ2) is 3.90. The number of aromatic nitrogens is 1. The van der Waals surface area contributed by atoms with Crippen LogP contribution in [-0.2, 0) is 13.5 Å². The Labute approximate surface area is 104 Å². The van der Waals surface area contributed by atoms with Crippen LogP contribution in [0.3, 0.4) is 0 Å².